The highest BCUT2D eigenvalue weighted by Crippen LogP contribution is 2.29. The second kappa shape index (κ2) is 9.59. The fourth-order valence-electron chi connectivity index (χ4n) is 3.25. The van der Waals surface area contributed by atoms with Crippen LogP contribution in [0.5, 0.6) is 11.5 Å². The summed E-state index contributed by atoms with van der Waals surface area (Å²) in [6.07, 6.45) is -0.653. The number of benzene rings is 3. The predicted octanol–water partition coefficient (Wildman–Crippen LogP) is 4.17. The third-order valence-electron chi connectivity index (χ3n) is 4.85. The van der Waals surface area contributed by atoms with Crippen molar-refractivity contribution in [3.8, 4) is 22.8 Å². The summed E-state index contributed by atoms with van der Waals surface area (Å²) in [5.74, 6) is 1.07. The Morgan fingerprint density at radius 3 is 2.71 bits per heavy atom. The highest BCUT2D eigenvalue weighted by Gasteiger charge is 2.12. The molecule has 6 nitrogen and oxygen atoms in total. The van der Waals surface area contributed by atoms with E-state index >= 15 is 0 Å². The van der Waals surface area contributed by atoms with Crippen LogP contribution in [0.15, 0.2) is 71.3 Å². The molecule has 0 fully saturated rings. The van der Waals surface area contributed by atoms with Crippen LogP contribution in [0, 0.1) is 5.82 Å². The average molecular weight is 422 g/mol. The molecule has 0 aliphatic carbocycles. The first kappa shape index (κ1) is 20.8. The molecule has 1 heterocycles. The zero-order valence-electron chi connectivity index (χ0n) is 17.0. The van der Waals surface area contributed by atoms with Crippen LogP contribution in [0.4, 0.5) is 4.39 Å². The number of hydrogen-bond donors (Lipinski definition) is 2. The second-order valence-electron chi connectivity index (χ2n) is 7.14. The molecule has 3 aromatic carbocycles. The van der Waals surface area contributed by atoms with Crippen LogP contribution in [-0.2, 0) is 6.54 Å². The minimum Gasteiger partial charge on any atom is -0.497 e. The molecular formula is C24H23FN2O4. The molecule has 4 rings (SSSR count). The van der Waals surface area contributed by atoms with Gasteiger partial charge in [-0.15, -0.1) is 0 Å². The van der Waals surface area contributed by atoms with Crippen molar-refractivity contribution in [3.63, 3.8) is 0 Å². The SMILES string of the molecule is COc1cccc(CNC[C@@H](O)COc2ccc(-c3noc4cc(F)ccc34)cc2)c1. The van der Waals surface area contributed by atoms with Gasteiger partial charge < -0.3 is 24.4 Å². The molecule has 0 amide bonds. The molecule has 0 aliphatic rings. The van der Waals surface area contributed by atoms with Crippen molar-refractivity contribution in [2.75, 3.05) is 20.3 Å². The van der Waals surface area contributed by atoms with Gasteiger partial charge in [0.05, 0.1) is 7.11 Å². The maximum atomic E-state index is 13.3. The predicted molar refractivity (Wildman–Crippen MR) is 116 cm³/mol. The van der Waals surface area contributed by atoms with Crippen molar-refractivity contribution in [3.05, 3.63) is 78.1 Å². The van der Waals surface area contributed by atoms with Gasteiger partial charge in [-0.1, -0.05) is 17.3 Å². The number of nitrogens with one attached hydrogen (secondary N) is 1. The van der Waals surface area contributed by atoms with Gasteiger partial charge in [-0.25, -0.2) is 4.39 Å². The number of halogens is 1. The topological polar surface area (TPSA) is 76.8 Å². The standard InChI is InChI=1S/C24H23FN2O4/c1-29-21-4-2-3-16(11-21)13-26-14-19(28)15-30-20-8-5-17(6-9-20)24-22-10-7-18(25)12-23(22)31-27-24/h2-12,19,26,28H,13-15H2,1H3/t19-/m1/s1. The smallest absolute Gasteiger partial charge is 0.170 e. The number of aliphatic hydroxyl groups excluding tert-OH is 1. The molecular weight excluding hydrogens is 399 g/mol. The summed E-state index contributed by atoms with van der Waals surface area (Å²) < 4.78 is 29.4. The number of aliphatic hydroxyl groups is 1. The molecule has 0 radical (unpaired) electrons. The molecule has 2 N–H and O–H groups in total. The van der Waals surface area contributed by atoms with Crippen molar-refractivity contribution in [2.24, 2.45) is 0 Å². The molecule has 0 aliphatic heterocycles. The van der Waals surface area contributed by atoms with E-state index in [1.165, 1.54) is 12.1 Å². The fraction of sp³-hybridized carbons (Fsp3) is 0.208. The normalized spacial score (nSPS) is 12.1. The summed E-state index contributed by atoms with van der Waals surface area (Å²) >= 11 is 0. The van der Waals surface area contributed by atoms with Crippen LogP contribution in [0.1, 0.15) is 5.56 Å². The van der Waals surface area contributed by atoms with Crippen LogP contribution in [0.3, 0.4) is 0 Å². The maximum absolute atomic E-state index is 13.3. The Hall–Kier alpha value is -3.42. The Bertz CT molecular complexity index is 1140. The Labute approximate surface area is 179 Å². The average Bonchev–Trinajstić information content (AvgIpc) is 3.21. The van der Waals surface area contributed by atoms with Crippen molar-refractivity contribution < 1.29 is 23.5 Å². The Balaban J connectivity index is 1.28. The molecule has 0 saturated heterocycles. The van der Waals surface area contributed by atoms with Gasteiger partial charge in [0.1, 0.15) is 35.7 Å². The van der Waals surface area contributed by atoms with E-state index in [1.54, 1.807) is 25.3 Å². The van der Waals surface area contributed by atoms with Crippen molar-refractivity contribution >= 4 is 11.0 Å². The first-order valence-electron chi connectivity index (χ1n) is 9.92. The summed E-state index contributed by atoms with van der Waals surface area (Å²) in [6, 6.07) is 19.4. The minimum atomic E-state index is -0.653. The van der Waals surface area contributed by atoms with E-state index in [0.29, 0.717) is 30.1 Å². The zero-order valence-corrected chi connectivity index (χ0v) is 17.0. The number of nitrogens with zero attached hydrogens (tertiary/aromatic N) is 1. The minimum absolute atomic E-state index is 0.163. The number of fused-ring (bicyclic) bond motifs is 1. The summed E-state index contributed by atoms with van der Waals surface area (Å²) in [4.78, 5) is 0. The van der Waals surface area contributed by atoms with E-state index in [9.17, 15) is 9.50 Å². The van der Waals surface area contributed by atoms with Gasteiger partial charge in [0, 0.05) is 30.1 Å². The van der Waals surface area contributed by atoms with Crippen molar-refractivity contribution in [1.29, 1.82) is 0 Å². The maximum Gasteiger partial charge on any atom is 0.170 e. The Morgan fingerprint density at radius 2 is 1.90 bits per heavy atom. The molecule has 0 unspecified atom stereocenters. The summed E-state index contributed by atoms with van der Waals surface area (Å²) in [5.41, 5.74) is 2.95. The van der Waals surface area contributed by atoms with Crippen LogP contribution >= 0.6 is 0 Å². The Morgan fingerprint density at radius 1 is 1.06 bits per heavy atom. The highest BCUT2D eigenvalue weighted by molar-refractivity contribution is 5.91. The third-order valence-corrected chi connectivity index (χ3v) is 4.85. The summed E-state index contributed by atoms with van der Waals surface area (Å²) in [5, 5.41) is 18.2. The van der Waals surface area contributed by atoms with E-state index in [0.717, 1.165) is 22.3 Å². The van der Waals surface area contributed by atoms with Gasteiger partial charge in [0.15, 0.2) is 5.58 Å². The first-order valence-corrected chi connectivity index (χ1v) is 9.92. The van der Waals surface area contributed by atoms with E-state index < -0.39 is 6.10 Å². The van der Waals surface area contributed by atoms with Gasteiger partial charge in [0.25, 0.3) is 0 Å². The van der Waals surface area contributed by atoms with Crippen molar-refractivity contribution in [2.45, 2.75) is 12.6 Å². The van der Waals surface area contributed by atoms with E-state index in [1.807, 2.05) is 36.4 Å². The lowest BCUT2D eigenvalue weighted by Crippen LogP contribution is -2.31. The summed E-state index contributed by atoms with van der Waals surface area (Å²) in [6.45, 7) is 1.19. The second-order valence-corrected chi connectivity index (χ2v) is 7.14. The van der Waals surface area contributed by atoms with Gasteiger partial charge in [-0.3, -0.25) is 0 Å². The molecule has 0 spiro atoms. The quantitative estimate of drug-likeness (QED) is 0.422. The summed E-state index contributed by atoms with van der Waals surface area (Å²) in [7, 11) is 1.63. The lowest BCUT2D eigenvalue weighted by Gasteiger charge is -2.14. The van der Waals surface area contributed by atoms with Crippen LogP contribution < -0.4 is 14.8 Å². The molecule has 1 aromatic heterocycles. The lowest BCUT2D eigenvalue weighted by molar-refractivity contribution is 0.106. The molecule has 4 aromatic rings. The van der Waals surface area contributed by atoms with Gasteiger partial charge in [0.2, 0.25) is 0 Å². The van der Waals surface area contributed by atoms with Gasteiger partial charge in [-0.05, 0) is 54.1 Å². The van der Waals surface area contributed by atoms with Crippen LogP contribution in [0.2, 0.25) is 0 Å². The first-order chi connectivity index (χ1) is 15.1. The van der Waals surface area contributed by atoms with E-state index in [2.05, 4.69) is 10.5 Å². The molecule has 0 bridgehead atoms. The molecule has 7 heteroatoms. The third kappa shape index (κ3) is 5.20. The number of ether oxygens (including phenoxy) is 2. The van der Waals surface area contributed by atoms with Gasteiger partial charge in [-0.2, -0.15) is 0 Å². The van der Waals surface area contributed by atoms with Crippen LogP contribution in [0.25, 0.3) is 22.2 Å². The number of aromatic nitrogens is 1. The highest BCUT2D eigenvalue weighted by atomic mass is 19.1. The molecule has 31 heavy (non-hydrogen) atoms. The monoisotopic (exact) mass is 422 g/mol. The lowest BCUT2D eigenvalue weighted by atomic mass is 10.1. The largest absolute Gasteiger partial charge is 0.497 e. The van der Waals surface area contributed by atoms with Gasteiger partial charge >= 0.3 is 0 Å². The molecule has 1 atom stereocenters. The van der Waals surface area contributed by atoms with E-state index in [-0.39, 0.29) is 12.4 Å². The Kier molecular flexibility index (Phi) is 6.45. The zero-order chi connectivity index (χ0) is 21.6. The number of hydrogen-bond acceptors (Lipinski definition) is 6. The molecule has 160 valence electrons. The molecule has 0 saturated carbocycles. The number of rotatable bonds is 9. The van der Waals surface area contributed by atoms with Crippen LogP contribution in [-0.4, -0.2) is 36.6 Å². The number of methoxy groups -OCH3 is 1. The van der Waals surface area contributed by atoms with E-state index in [4.69, 9.17) is 14.0 Å². The fourth-order valence-corrected chi connectivity index (χ4v) is 3.25. The van der Waals surface area contributed by atoms with Crippen molar-refractivity contribution in [1.82, 2.24) is 10.5 Å².